The highest BCUT2D eigenvalue weighted by Gasteiger charge is 2.33. The first-order valence-electron chi connectivity index (χ1n) is 7.52. The van der Waals surface area contributed by atoms with E-state index in [-0.39, 0.29) is 10.7 Å². The zero-order valence-corrected chi connectivity index (χ0v) is 14.8. The molecule has 1 unspecified atom stereocenters. The van der Waals surface area contributed by atoms with Crippen molar-refractivity contribution in [3.05, 3.63) is 64.5 Å². The molecule has 132 valence electrons. The molecule has 7 heteroatoms. The summed E-state index contributed by atoms with van der Waals surface area (Å²) in [7, 11) is 0. The van der Waals surface area contributed by atoms with Crippen molar-refractivity contribution in [2.45, 2.75) is 32.9 Å². The second-order valence-corrected chi connectivity index (χ2v) is 6.36. The summed E-state index contributed by atoms with van der Waals surface area (Å²) in [5.74, 6) is -1.49. The van der Waals surface area contributed by atoms with E-state index in [9.17, 15) is 18.0 Å². The second kappa shape index (κ2) is 7.31. The molecule has 0 saturated carbocycles. The predicted molar refractivity (Wildman–Crippen MR) is 93.4 cm³/mol. The van der Waals surface area contributed by atoms with Crippen LogP contribution in [0.15, 0.2) is 36.5 Å². The maximum absolute atomic E-state index is 13.1. The Bertz CT molecular complexity index is 798. The number of amides is 1. The molecule has 1 heterocycles. The normalized spacial score (nSPS) is 12.6. The van der Waals surface area contributed by atoms with E-state index in [1.54, 1.807) is 26.0 Å². The van der Waals surface area contributed by atoms with Crippen LogP contribution in [0.2, 0.25) is 0 Å². The van der Waals surface area contributed by atoms with Gasteiger partial charge in [0.25, 0.3) is 0 Å². The van der Waals surface area contributed by atoms with Gasteiger partial charge in [0.05, 0.1) is 16.2 Å². The molecule has 1 amide bonds. The predicted octanol–water partition coefficient (Wildman–Crippen LogP) is 4.31. The Morgan fingerprint density at radius 3 is 2.32 bits per heavy atom. The minimum atomic E-state index is -4.51. The second-order valence-electron chi connectivity index (χ2n) is 5.75. The van der Waals surface area contributed by atoms with Gasteiger partial charge in [0.2, 0.25) is 5.91 Å². The minimum Gasteiger partial charge on any atom is -0.320 e. The van der Waals surface area contributed by atoms with Crippen LogP contribution in [0.1, 0.15) is 40.8 Å². The Morgan fingerprint density at radius 1 is 1.20 bits per heavy atom. The van der Waals surface area contributed by atoms with Crippen molar-refractivity contribution in [3.63, 3.8) is 0 Å². The molecule has 0 aliphatic carbocycles. The van der Waals surface area contributed by atoms with Gasteiger partial charge in [-0.1, -0.05) is 30.4 Å². The van der Waals surface area contributed by atoms with Gasteiger partial charge in [0.15, 0.2) is 0 Å². The molecule has 1 aromatic carbocycles. The zero-order valence-electron chi connectivity index (χ0n) is 13.9. The van der Waals surface area contributed by atoms with Gasteiger partial charge in [-0.3, -0.25) is 9.78 Å². The lowest BCUT2D eigenvalue weighted by Crippen LogP contribution is -2.33. The van der Waals surface area contributed by atoms with Gasteiger partial charge >= 0.3 is 6.18 Å². The largest absolute Gasteiger partial charge is 0.416 e. The fraction of sp³-hybridized carbons (Fsp3) is 0.278. The number of benzene rings is 1. The number of aromatic nitrogens is 1. The summed E-state index contributed by atoms with van der Waals surface area (Å²) in [5, 5.41) is 2.52. The minimum absolute atomic E-state index is 0.0287. The SMILES string of the molecule is CC(=S)NC(=O)C(c1cc(C(F)(F)F)ccn1)c1c(C)cccc1C. The smallest absolute Gasteiger partial charge is 0.320 e. The summed E-state index contributed by atoms with van der Waals surface area (Å²) < 4.78 is 39.2. The molecule has 0 saturated heterocycles. The first-order valence-corrected chi connectivity index (χ1v) is 7.92. The van der Waals surface area contributed by atoms with Crippen molar-refractivity contribution in [1.29, 1.82) is 0 Å². The number of alkyl halides is 3. The number of carbonyl (C=O) groups is 1. The van der Waals surface area contributed by atoms with Gasteiger partial charge < -0.3 is 5.32 Å². The Labute approximate surface area is 149 Å². The van der Waals surface area contributed by atoms with E-state index in [1.807, 2.05) is 6.07 Å². The van der Waals surface area contributed by atoms with Gasteiger partial charge in [-0.25, -0.2) is 0 Å². The maximum Gasteiger partial charge on any atom is 0.416 e. The van der Waals surface area contributed by atoms with E-state index < -0.39 is 23.6 Å². The average molecular weight is 366 g/mol. The number of nitrogens with zero attached hydrogens (tertiary/aromatic N) is 1. The van der Waals surface area contributed by atoms with Crippen LogP contribution in [-0.2, 0) is 11.0 Å². The fourth-order valence-electron chi connectivity index (χ4n) is 2.72. The Hall–Kier alpha value is -2.28. The third-order valence-electron chi connectivity index (χ3n) is 3.80. The molecule has 0 spiro atoms. The molecular formula is C18H17F3N2OS. The third kappa shape index (κ3) is 4.42. The number of halogens is 3. The molecule has 2 rings (SSSR count). The molecule has 1 atom stereocenters. The lowest BCUT2D eigenvalue weighted by atomic mass is 9.87. The van der Waals surface area contributed by atoms with E-state index in [2.05, 4.69) is 10.3 Å². The first kappa shape index (κ1) is 19.1. The highest BCUT2D eigenvalue weighted by molar-refractivity contribution is 7.80. The van der Waals surface area contributed by atoms with E-state index in [1.165, 1.54) is 6.92 Å². The lowest BCUT2D eigenvalue weighted by molar-refractivity contribution is -0.137. The highest BCUT2D eigenvalue weighted by Crippen LogP contribution is 2.34. The number of aryl methyl sites for hydroxylation is 2. The maximum atomic E-state index is 13.1. The number of rotatable bonds is 3. The molecule has 3 nitrogen and oxygen atoms in total. The average Bonchev–Trinajstić information content (AvgIpc) is 2.49. The summed E-state index contributed by atoms with van der Waals surface area (Å²) in [5.41, 5.74) is 1.40. The van der Waals surface area contributed by atoms with Crippen LogP contribution in [0, 0.1) is 13.8 Å². The van der Waals surface area contributed by atoms with Crippen molar-refractivity contribution in [2.24, 2.45) is 0 Å². The molecule has 0 aliphatic heterocycles. The quantitative estimate of drug-likeness (QED) is 0.823. The monoisotopic (exact) mass is 366 g/mol. The van der Waals surface area contributed by atoms with Gasteiger partial charge in [-0.05, 0) is 49.6 Å². The van der Waals surface area contributed by atoms with Crippen LogP contribution in [-0.4, -0.2) is 15.9 Å². The van der Waals surface area contributed by atoms with Crippen molar-refractivity contribution in [1.82, 2.24) is 10.3 Å². The van der Waals surface area contributed by atoms with Gasteiger partial charge in [-0.2, -0.15) is 13.2 Å². The van der Waals surface area contributed by atoms with Crippen LogP contribution < -0.4 is 5.32 Å². The van der Waals surface area contributed by atoms with Crippen molar-refractivity contribution < 1.29 is 18.0 Å². The van der Waals surface area contributed by atoms with Crippen LogP contribution in [0.3, 0.4) is 0 Å². The molecular weight excluding hydrogens is 349 g/mol. The molecule has 1 aromatic heterocycles. The van der Waals surface area contributed by atoms with Crippen molar-refractivity contribution >= 4 is 23.1 Å². The summed E-state index contributed by atoms with van der Waals surface area (Å²) in [6.45, 7) is 5.15. The van der Waals surface area contributed by atoms with Crippen LogP contribution in [0.25, 0.3) is 0 Å². The number of carbonyl (C=O) groups excluding carboxylic acids is 1. The summed E-state index contributed by atoms with van der Waals surface area (Å²) >= 11 is 4.91. The van der Waals surface area contributed by atoms with Crippen molar-refractivity contribution in [3.8, 4) is 0 Å². The van der Waals surface area contributed by atoms with Crippen LogP contribution in [0.5, 0.6) is 0 Å². The standard InChI is InChI=1S/C18H17F3N2OS/c1-10-5-4-6-11(2)15(10)16(17(24)23-12(3)25)14-9-13(7-8-22-14)18(19,20)21/h4-9,16H,1-3H3,(H,23,24,25). The molecule has 1 N–H and O–H groups in total. The lowest BCUT2D eigenvalue weighted by Gasteiger charge is -2.21. The summed E-state index contributed by atoms with van der Waals surface area (Å²) in [4.78, 5) is 17.0. The Kier molecular flexibility index (Phi) is 5.57. The van der Waals surface area contributed by atoms with Crippen molar-refractivity contribution in [2.75, 3.05) is 0 Å². The number of nitrogens with one attached hydrogen (secondary N) is 1. The molecule has 0 bridgehead atoms. The van der Waals surface area contributed by atoms with Gasteiger partial charge in [0, 0.05) is 6.20 Å². The van der Waals surface area contributed by atoms with E-state index in [4.69, 9.17) is 12.2 Å². The van der Waals surface area contributed by atoms with Crippen LogP contribution >= 0.6 is 12.2 Å². The molecule has 2 aromatic rings. The van der Waals surface area contributed by atoms with Crippen LogP contribution in [0.4, 0.5) is 13.2 Å². The number of hydrogen-bond acceptors (Lipinski definition) is 3. The topological polar surface area (TPSA) is 42.0 Å². The summed E-state index contributed by atoms with van der Waals surface area (Å²) in [6.07, 6.45) is -3.45. The molecule has 0 radical (unpaired) electrons. The van der Waals surface area contributed by atoms with E-state index >= 15 is 0 Å². The van der Waals surface area contributed by atoms with Gasteiger partial charge in [0.1, 0.15) is 5.92 Å². The highest BCUT2D eigenvalue weighted by atomic mass is 32.1. The molecule has 0 fully saturated rings. The molecule has 25 heavy (non-hydrogen) atoms. The summed E-state index contributed by atoms with van der Waals surface area (Å²) in [6, 6.07) is 7.23. The van der Waals surface area contributed by atoms with E-state index in [0.717, 1.165) is 29.5 Å². The zero-order chi connectivity index (χ0) is 18.8. The first-order chi connectivity index (χ1) is 11.6. The molecule has 0 aliphatic rings. The third-order valence-corrected chi connectivity index (χ3v) is 3.90. The number of pyridine rings is 1. The van der Waals surface area contributed by atoms with E-state index in [0.29, 0.717) is 5.56 Å². The Balaban J connectivity index is 2.64. The number of thiocarbonyl (C=S) groups is 1. The Morgan fingerprint density at radius 2 is 1.80 bits per heavy atom. The van der Waals surface area contributed by atoms with Gasteiger partial charge in [-0.15, -0.1) is 0 Å². The number of hydrogen-bond donors (Lipinski definition) is 1. The fourth-order valence-corrected chi connectivity index (χ4v) is 2.82.